The van der Waals surface area contributed by atoms with Gasteiger partial charge in [-0.3, -0.25) is 4.79 Å². The van der Waals surface area contributed by atoms with Crippen molar-refractivity contribution in [1.82, 2.24) is 9.55 Å². The van der Waals surface area contributed by atoms with Gasteiger partial charge >= 0.3 is 5.97 Å². The van der Waals surface area contributed by atoms with Crippen LogP contribution in [-0.4, -0.2) is 22.1 Å². The zero-order chi connectivity index (χ0) is 10.8. The minimum absolute atomic E-state index is 0. The highest BCUT2D eigenvalue weighted by Crippen LogP contribution is 2.27. The summed E-state index contributed by atoms with van der Waals surface area (Å²) in [6, 6.07) is 0. The molecule has 20 heavy (non-hydrogen) atoms. The molecule has 1 fully saturated rings. The Kier molecular flexibility index (Phi) is 18.2. The van der Waals surface area contributed by atoms with Crippen molar-refractivity contribution in [3.63, 3.8) is 0 Å². The van der Waals surface area contributed by atoms with Crippen molar-refractivity contribution in [3.8, 4) is 0 Å². The van der Waals surface area contributed by atoms with Crippen LogP contribution in [0.1, 0.15) is 19.0 Å². The largest absolute Gasteiger partial charge is 0.465 e. The summed E-state index contributed by atoms with van der Waals surface area (Å²) in [7, 11) is 1.97. The monoisotopic (exact) mass is 388 g/mol. The van der Waals surface area contributed by atoms with E-state index in [1.165, 1.54) is 0 Å². The number of hydrogen-bond acceptors (Lipinski definition) is 3. The van der Waals surface area contributed by atoms with Gasteiger partial charge in [-0.25, -0.2) is 4.98 Å². The van der Waals surface area contributed by atoms with E-state index >= 15 is 0 Å². The molecule has 9 heteroatoms. The van der Waals surface area contributed by atoms with Crippen molar-refractivity contribution in [1.29, 1.82) is 0 Å². The topological polar surface area (TPSA) is 44.1 Å². The Morgan fingerprint density at radius 2 is 1.90 bits per heavy atom. The van der Waals surface area contributed by atoms with E-state index in [0.717, 1.165) is 18.5 Å². The minimum atomic E-state index is -0.0373. The number of hydrogen-bond donors (Lipinski definition) is 0. The van der Waals surface area contributed by atoms with Crippen molar-refractivity contribution >= 4 is 68.0 Å². The summed E-state index contributed by atoms with van der Waals surface area (Å²) < 4.78 is 7.08. The van der Waals surface area contributed by atoms with Crippen LogP contribution in [0.2, 0.25) is 0 Å². The lowest BCUT2D eigenvalue weighted by atomic mass is 9.89. The number of rotatable bonds is 3. The van der Waals surface area contributed by atoms with E-state index in [9.17, 15) is 4.79 Å². The lowest BCUT2D eigenvalue weighted by molar-refractivity contribution is -0.141. The van der Waals surface area contributed by atoms with E-state index in [0.29, 0.717) is 12.5 Å². The summed E-state index contributed by atoms with van der Waals surface area (Å²) in [6.07, 6.45) is 5.38. The van der Waals surface area contributed by atoms with Crippen LogP contribution >= 0.6 is 62.0 Å². The van der Waals surface area contributed by atoms with Gasteiger partial charge in [-0.05, 0) is 12.8 Å². The van der Waals surface area contributed by atoms with Gasteiger partial charge in [0, 0.05) is 24.9 Å². The summed E-state index contributed by atoms with van der Waals surface area (Å²) in [4.78, 5) is 15.5. The predicted octanol–water partition coefficient (Wildman–Crippen LogP) is 3.27. The highest BCUT2D eigenvalue weighted by Gasteiger charge is 2.35. The fourth-order valence-electron chi connectivity index (χ4n) is 2.16. The molecule has 0 amide bonds. The average Bonchev–Trinajstić information content (AvgIpc) is 2.76. The summed E-state index contributed by atoms with van der Waals surface area (Å²) in [6.45, 7) is 2.59. The Bertz CT molecular complexity index is 375. The molecule has 0 unspecified atom stereocenters. The fraction of sp³-hybridized carbons (Fsp3) is 0.636. The number of carbonyl (C=O) groups excluding carboxylic acids is 1. The van der Waals surface area contributed by atoms with E-state index in [2.05, 4.69) is 4.98 Å². The van der Waals surface area contributed by atoms with Gasteiger partial charge in [-0.1, -0.05) is 6.92 Å². The first-order valence-electron chi connectivity index (χ1n) is 5.34. The Morgan fingerprint density at radius 1 is 1.30 bits per heavy atom. The Morgan fingerprint density at radius 3 is 2.35 bits per heavy atom. The number of nitrogens with zero attached hydrogens (tertiary/aromatic N) is 2. The second-order valence-corrected chi connectivity index (χ2v) is 4.10. The van der Waals surface area contributed by atoms with Crippen molar-refractivity contribution < 1.29 is 9.53 Å². The van der Waals surface area contributed by atoms with E-state index in [-0.39, 0.29) is 73.9 Å². The Hall–Kier alpha value is 0.130. The first-order chi connectivity index (χ1) is 7.22. The number of esters is 1. The third-order valence-corrected chi connectivity index (χ3v) is 3.14. The number of halogens is 5. The van der Waals surface area contributed by atoms with Crippen molar-refractivity contribution in [2.75, 3.05) is 6.61 Å². The molecule has 1 aliphatic rings. The van der Waals surface area contributed by atoms with E-state index in [4.69, 9.17) is 4.74 Å². The fourth-order valence-corrected chi connectivity index (χ4v) is 2.16. The zero-order valence-corrected chi connectivity index (χ0v) is 15.3. The highest BCUT2D eigenvalue weighted by atomic mass is 35.5. The predicted molar refractivity (Wildman–Crippen MR) is 91.4 cm³/mol. The van der Waals surface area contributed by atoms with E-state index in [1.54, 1.807) is 6.33 Å². The molecule has 122 valence electrons. The van der Waals surface area contributed by atoms with Crippen LogP contribution in [0, 0.1) is 11.8 Å². The molecular weight excluding hydrogens is 369 g/mol. The molecule has 0 radical (unpaired) electrons. The highest BCUT2D eigenvalue weighted by molar-refractivity contribution is 5.86. The normalized spacial score (nSPS) is 19.2. The molecule has 0 spiro atoms. The molecule has 0 bridgehead atoms. The van der Waals surface area contributed by atoms with Gasteiger partial charge in [0.2, 0.25) is 0 Å². The van der Waals surface area contributed by atoms with Gasteiger partial charge in [0.05, 0.1) is 18.9 Å². The molecule has 4 nitrogen and oxygen atoms in total. The van der Waals surface area contributed by atoms with Crippen LogP contribution in [0.4, 0.5) is 0 Å². The van der Waals surface area contributed by atoms with Gasteiger partial charge in [0.15, 0.2) is 0 Å². The molecule has 2 atom stereocenters. The number of carbonyl (C=O) groups is 1. The van der Waals surface area contributed by atoms with Crippen molar-refractivity contribution in [2.45, 2.75) is 19.8 Å². The number of imidazole rings is 1. The second kappa shape index (κ2) is 12.8. The number of cyclic esters (lactones) is 1. The van der Waals surface area contributed by atoms with Gasteiger partial charge in [0.1, 0.15) is 0 Å². The molecule has 1 saturated heterocycles. The smallest absolute Gasteiger partial charge is 0.309 e. The van der Waals surface area contributed by atoms with Crippen molar-refractivity contribution in [2.24, 2.45) is 18.9 Å². The van der Waals surface area contributed by atoms with Crippen LogP contribution in [0.3, 0.4) is 0 Å². The van der Waals surface area contributed by atoms with Crippen LogP contribution in [0.15, 0.2) is 12.5 Å². The number of ether oxygens (including phenoxy) is 1. The Labute approximate surface area is 150 Å². The molecule has 0 saturated carbocycles. The summed E-state index contributed by atoms with van der Waals surface area (Å²) in [5, 5.41) is 0. The van der Waals surface area contributed by atoms with Crippen LogP contribution in [0.25, 0.3) is 0 Å². The molecule has 1 aromatic heterocycles. The Balaban J connectivity index is -0.000000256. The average molecular weight is 391 g/mol. The van der Waals surface area contributed by atoms with E-state index < -0.39 is 0 Å². The maximum Gasteiger partial charge on any atom is 0.309 e. The quantitative estimate of drug-likeness (QED) is 0.744. The standard InChI is InChI=1S/C11H16N2O2.5ClH/c1-3-10-8(6-15-11(10)14)4-9-5-12-7-13(9)2;;;;;/h5,7-8,10H,3-4,6H2,1-2H3;5*1H/t8-,10-;;;;;/m0...../s1. The molecule has 2 heterocycles. The van der Waals surface area contributed by atoms with E-state index in [1.807, 2.05) is 24.7 Å². The minimum Gasteiger partial charge on any atom is -0.465 e. The molecule has 0 N–H and O–H groups in total. The summed E-state index contributed by atoms with van der Waals surface area (Å²) in [5.41, 5.74) is 1.16. The third-order valence-electron chi connectivity index (χ3n) is 3.14. The number of aromatic nitrogens is 2. The van der Waals surface area contributed by atoms with Crippen LogP contribution < -0.4 is 0 Å². The maximum atomic E-state index is 11.4. The first kappa shape index (κ1) is 28.3. The molecular formula is C11H21Cl5N2O2. The lowest BCUT2D eigenvalue weighted by Gasteiger charge is -2.12. The molecule has 1 aliphatic heterocycles. The third kappa shape index (κ3) is 6.27. The van der Waals surface area contributed by atoms with Gasteiger partial charge < -0.3 is 9.30 Å². The van der Waals surface area contributed by atoms with Gasteiger partial charge in [-0.2, -0.15) is 0 Å². The second-order valence-electron chi connectivity index (χ2n) is 4.10. The van der Waals surface area contributed by atoms with Gasteiger partial charge in [0.25, 0.3) is 0 Å². The molecule has 1 aromatic rings. The van der Waals surface area contributed by atoms with Crippen molar-refractivity contribution in [3.05, 3.63) is 18.2 Å². The zero-order valence-electron chi connectivity index (χ0n) is 11.2. The van der Waals surface area contributed by atoms with Gasteiger partial charge in [-0.15, -0.1) is 62.0 Å². The number of aryl methyl sites for hydroxylation is 1. The SMILES string of the molecule is CC[C@@H]1C(=O)OC[C@@H]1Cc1cncn1C.Cl.Cl.Cl.Cl.Cl. The lowest BCUT2D eigenvalue weighted by Crippen LogP contribution is -2.18. The molecule has 2 rings (SSSR count). The van der Waals surface area contributed by atoms with Crippen LogP contribution in [-0.2, 0) is 23.0 Å². The first-order valence-corrected chi connectivity index (χ1v) is 5.34. The van der Waals surface area contributed by atoms with Crippen LogP contribution in [0.5, 0.6) is 0 Å². The summed E-state index contributed by atoms with van der Waals surface area (Å²) >= 11 is 0. The molecule has 0 aromatic carbocycles. The molecule has 0 aliphatic carbocycles. The summed E-state index contributed by atoms with van der Waals surface area (Å²) in [5.74, 6) is 0.350. The maximum absolute atomic E-state index is 11.4.